The number of hydrogen-bond donors (Lipinski definition) is 0. The molecule has 2 aromatic rings. The van der Waals surface area contributed by atoms with Gasteiger partial charge in [0.1, 0.15) is 11.4 Å². The summed E-state index contributed by atoms with van der Waals surface area (Å²) in [6.07, 6.45) is 0.891. The van der Waals surface area contributed by atoms with Crippen LogP contribution in [0.2, 0.25) is 0 Å². The Kier molecular flexibility index (Phi) is 5.88. The van der Waals surface area contributed by atoms with E-state index in [1.54, 1.807) is 30.5 Å². The number of nitrogens with zero attached hydrogens (tertiary/aromatic N) is 4. The molecule has 0 fully saturated rings. The van der Waals surface area contributed by atoms with E-state index in [-0.39, 0.29) is 17.3 Å². The highest BCUT2D eigenvalue weighted by Crippen LogP contribution is 2.37. The summed E-state index contributed by atoms with van der Waals surface area (Å²) in [5.41, 5.74) is 1.79. The maximum atomic E-state index is 13.1. The van der Waals surface area contributed by atoms with Crippen LogP contribution >= 0.6 is 11.8 Å². The monoisotopic (exact) mass is 422 g/mol. The molecule has 7 nitrogen and oxygen atoms in total. The Labute approximate surface area is 170 Å². The molecule has 0 bridgehead atoms. The van der Waals surface area contributed by atoms with Crippen molar-refractivity contribution in [3.63, 3.8) is 0 Å². The largest absolute Gasteiger partial charge is 0.310 e. The Morgan fingerprint density at radius 3 is 2.64 bits per heavy atom. The number of sulfonamides is 1. The number of benzene rings is 1. The lowest BCUT2D eigenvalue weighted by Crippen LogP contribution is -2.35. The molecule has 2 heterocycles. The fraction of sp³-hybridized carbons (Fsp3) is 0.474. The van der Waals surface area contributed by atoms with Gasteiger partial charge in [-0.25, -0.2) is 12.7 Å². The number of carbonyl (C=O) groups excluding carboxylic acids is 1. The molecule has 1 aliphatic heterocycles. The molecule has 1 atom stereocenters. The maximum absolute atomic E-state index is 13.1. The number of carbonyl (C=O) groups is 1. The van der Waals surface area contributed by atoms with Crippen molar-refractivity contribution in [2.45, 2.75) is 48.8 Å². The van der Waals surface area contributed by atoms with Gasteiger partial charge in [-0.1, -0.05) is 19.1 Å². The van der Waals surface area contributed by atoms with E-state index in [1.165, 1.54) is 23.1 Å². The Balaban J connectivity index is 1.93. The van der Waals surface area contributed by atoms with Crippen LogP contribution < -0.4 is 4.90 Å². The van der Waals surface area contributed by atoms with Gasteiger partial charge in [0.2, 0.25) is 15.9 Å². The van der Waals surface area contributed by atoms with Crippen LogP contribution in [0.1, 0.15) is 24.7 Å². The Bertz CT molecular complexity index is 999. The van der Waals surface area contributed by atoms with E-state index < -0.39 is 10.0 Å². The van der Waals surface area contributed by atoms with Crippen molar-refractivity contribution in [3.8, 4) is 0 Å². The van der Waals surface area contributed by atoms with Gasteiger partial charge in [-0.2, -0.15) is 5.10 Å². The van der Waals surface area contributed by atoms with Gasteiger partial charge in [0.15, 0.2) is 0 Å². The first-order chi connectivity index (χ1) is 13.1. The number of amides is 1. The molecule has 1 aromatic carbocycles. The summed E-state index contributed by atoms with van der Waals surface area (Å²) >= 11 is 1.78. The number of hydrogen-bond acceptors (Lipinski definition) is 5. The quantitative estimate of drug-likeness (QED) is 0.757. The zero-order valence-electron chi connectivity index (χ0n) is 16.8. The first kappa shape index (κ1) is 20.9. The van der Waals surface area contributed by atoms with Crippen LogP contribution in [0.4, 0.5) is 5.69 Å². The molecule has 3 rings (SSSR count). The molecular weight excluding hydrogens is 396 g/mol. The van der Waals surface area contributed by atoms with Crippen molar-refractivity contribution in [2.75, 3.05) is 25.5 Å². The third kappa shape index (κ3) is 3.83. The van der Waals surface area contributed by atoms with E-state index in [2.05, 4.69) is 12.0 Å². The van der Waals surface area contributed by atoms with Gasteiger partial charge < -0.3 is 4.90 Å². The number of para-hydroxylation sites is 1. The summed E-state index contributed by atoms with van der Waals surface area (Å²) in [5, 5.41) is 4.77. The smallest absolute Gasteiger partial charge is 0.248 e. The molecule has 0 aliphatic carbocycles. The van der Waals surface area contributed by atoms with E-state index in [1.807, 2.05) is 24.3 Å². The van der Waals surface area contributed by atoms with Gasteiger partial charge in [-0.3, -0.25) is 9.48 Å². The summed E-state index contributed by atoms with van der Waals surface area (Å²) in [4.78, 5) is 16.2. The Morgan fingerprint density at radius 2 is 1.96 bits per heavy atom. The van der Waals surface area contributed by atoms with E-state index in [4.69, 9.17) is 0 Å². The summed E-state index contributed by atoms with van der Waals surface area (Å²) in [5.74, 6) is -0.0958. The van der Waals surface area contributed by atoms with Crippen molar-refractivity contribution < 1.29 is 13.2 Å². The lowest BCUT2D eigenvalue weighted by molar-refractivity contribution is -0.119. The predicted octanol–water partition coefficient (Wildman–Crippen LogP) is 2.67. The minimum absolute atomic E-state index is 0.00298. The number of aryl methyl sites for hydroxylation is 1. The summed E-state index contributed by atoms with van der Waals surface area (Å²) in [6.45, 7) is 6.14. The Hall–Kier alpha value is -1.84. The van der Waals surface area contributed by atoms with E-state index >= 15 is 0 Å². The van der Waals surface area contributed by atoms with Crippen LogP contribution in [-0.4, -0.2) is 54.3 Å². The van der Waals surface area contributed by atoms with E-state index in [9.17, 15) is 13.2 Å². The standard InChI is InChI=1S/C19H26N4O3S2/c1-13-10-11-22(16-8-6-7-9-17(16)27-13)18(24)12-23-15(3)19(14(2)20-23)28(25,26)21(4)5/h6-9,13H,10-12H2,1-5H3/t13-/m1/s1. The molecule has 1 amide bonds. The molecule has 0 saturated heterocycles. The summed E-state index contributed by atoms with van der Waals surface area (Å²) < 4.78 is 27.9. The average molecular weight is 423 g/mol. The zero-order valence-corrected chi connectivity index (χ0v) is 18.5. The molecule has 152 valence electrons. The van der Waals surface area contributed by atoms with Crippen LogP contribution in [0.25, 0.3) is 0 Å². The highest BCUT2D eigenvalue weighted by molar-refractivity contribution is 8.00. The second-order valence-electron chi connectivity index (χ2n) is 7.18. The first-order valence-corrected chi connectivity index (χ1v) is 11.5. The van der Waals surface area contributed by atoms with Crippen LogP contribution in [0, 0.1) is 13.8 Å². The second kappa shape index (κ2) is 7.88. The van der Waals surface area contributed by atoms with E-state index in [0.717, 1.165) is 17.0 Å². The molecule has 0 unspecified atom stereocenters. The number of thioether (sulfide) groups is 1. The number of fused-ring (bicyclic) bond motifs is 1. The third-order valence-electron chi connectivity index (χ3n) is 4.88. The van der Waals surface area contributed by atoms with E-state index in [0.29, 0.717) is 23.2 Å². The normalized spacial score (nSPS) is 17.5. The zero-order chi connectivity index (χ0) is 20.6. The minimum atomic E-state index is -3.62. The molecule has 9 heteroatoms. The molecular formula is C19H26N4O3S2. The van der Waals surface area contributed by atoms with Crippen LogP contribution in [0.15, 0.2) is 34.1 Å². The van der Waals surface area contributed by atoms with Gasteiger partial charge in [0, 0.05) is 30.8 Å². The van der Waals surface area contributed by atoms with Crippen LogP contribution in [0.3, 0.4) is 0 Å². The van der Waals surface area contributed by atoms with Crippen molar-refractivity contribution in [1.29, 1.82) is 0 Å². The first-order valence-electron chi connectivity index (χ1n) is 9.15. The third-order valence-corrected chi connectivity index (χ3v) is 8.19. The van der Waals surface area contributed by atoms with Gasteiger partial charge in [0.25, 0.3) is 0 Å². The number of rotatable bonds is 4. The van der Waals surface area contributed by atoms with Crippen LogP contribution in [-0.2, 0) is 21.4 Å². The lowest BCUT2D eigenvalue weighted by Gasteiger charge is -2.22. The molecule has 28 heavy (non-hydrogen) atoms. The molecule has 0 radical (unpaired) electrons. The summed E-state index contributed by atoms with van der Waals surface area (Å²) in [6, 6.07) is 7.90. The van der Waals surface area contributed by atoms with Gasteiger partial charge >= 0.3 is 0 Å². The molecule has 0 saturated carbocycles. The van der Waals surface area contributed by atoms with Crippen molar-refractivity contribution in [3.05, 3.63) is 35.7 Å². The van der Waals surface area contributed by atoms with Crippen LogP contribution in [0.5, 0.6) is 0 Å². The fourth-order valence-corrected chi connectivity index (χ4v) is 5.72. The SMILES string of the molecule is Cc1nn(CC(=O)N2CC[C@@H](C)Sc3ccccc32)c(C)c1S(=O)(=O)N(C)C. The minimum Gasteiger partial charge on any atom is -0.310 e. The van der Waals surface area contributed by atoms with Gasteiger partial charge in [0.05, 0.1) is 17.1 Å². The summed E-state index contributed by atoms with van der Waals surface area (Å²) in [7, 11) is -0.639. The number of anilines is 1. The topological polar surface area (TPSA) is 75.5 Å². The predicted molar refractivity (Wildman–Crippen MR) is 111 cm³/mol. The highest BCUT2D eigenvalue weighted by atomic mass is 32.2. The van der Waals surface area contributed by atoms with Crippen molar-refractivity contribution in [2.24, 2.45) is 0 Å². The number of aromatic nitrogens is 2. The maximum Gasteiger partial charge on any atom is 0.248 e. The van der Waals surface area contributed by atoms with Crippen molar-refractivity contribution >= 4 is 33.4 Å². The molecule has 1 aliphatic rings. The molecule has 0 N–H and O–H groups in total. The van der Waals surface area contributed by atoms with Gasteiger partial charge in [-0.15, -0.1) is 11.8 Å². The second-order valence-corrected chi connectivity index (χ2v) is 10.7. The average Bonchev–Trinajstić information content (AvgIpc) is 2.79. The lowest BCUT2D eigenvalue weighted by atomic mass is 10.2. The molecule has 1 aromatic heterocycles. The van der Waals surface area contributed by atoms with Gasteiger partial charge in [-0.05, 0) is 32.4 Å². The highest BCUT2D eigenvalue weighted by Gasteiger charge is 2.29. The molecule has 0 spiro atoms. The Morgan fingerprint density at radius 1 is 1.29 bits per heavy atom. The van der Waals surface area contributed by atoms with Crippen molar-refractivity contribution in [1.82, 2.24) is 14.1 Å². The fourth-order valence-electron chi connectivity index (χ4n) is 3.35.